The maximum atomic E-state index is 5.55. The molecule has 0 saturated carbocycles. The molecule has 2 rings (SSSR count). The minimum Gasteiger partial charge on any atom is -0.384 e. The monoisotopic (exact) mass is 175 g/mol. The van der Waals surface area contributed by atoms with Crippen LogP contribution in [-0.2, 0) is 0 Å². The van der Waals surface area contributed by atoms with Gasteiger partial charge in [0.1, 0.15) is 5.82 Å². The highest BCUT2D eigenvalue weighted by molar-refractivity contribution is 5.45. The smallest absolute Gasteiger partial charge is 0.125 e. The molecule has 0 aromatic carbocycles. The first-order valence-electron chi connectivity index (χ1n) is 3.86. The molecule has 5 heteroatoms. The number of hydrogen-bond acceptors (Lipinski definition) is 4. The largest absolute Gasteiger partial charge is 0.384 e. The lowest BCUT2D eigenvalue weighted by atomic mass is 10.2. The Balaban J connectivity index is 2.57. The van der Waals surface area contributed by atoms with Crippen molar-refractivity contribution in [3.05, 3.63) is 30.2 Å². The molecule has 2 heterocycles. The molecule has 0 atom stereocenters. The Kier molecular flexibility index (Phi) is 1.70. The van der Waals surface area contributed by atoms with Crippen LogP contribution < -0.4 is 5.73 Å². The van der Waals surface area contributed by atoms with E-state index in [-0.39, 0.29) is 0 Å². The maximum absolute atomic E-state index is 5.55. The number of hydrogen-bond donors (Lipinski definition) is 1. The van der Waals surface area contributed by atoms with Gasteiger partial charge in [-0.05, 0) is 12.5 Å². The molecule has 0 fully saturated rings. The first-order valence-corrected chi connectivity index (χ1v) is 3.86. The molecule has 2 aromatic heterocycles. The standard InChI is InChI=1S/C8H9N5/c1-6-5-10-8(9)4-7(6)13-11-2-3-12-13/h2-5H,1H3,(H2,9,10). The van der Waals surface area contributed by atoms with E-state index < -0.39 is 0 Å². The fourth-order valence-corrected chi connectivity index (χ4v) is 1.08. The molecular formula is C8H9N5. The predicted molar refractivity (Wildman–Crippen MR) is 48.3 cm³/mol. The van der Waals surface area contributed by atoms with E-state index in [0.29, 0.717) is 5.82 Å². The fraction of sp³-hybridized carbons (Fsp3) is 0.125. The van der Waals surface area contributed by atoms with Gasteiger partial charge in [0.15, 0.2) is 0 Å². The summed E-state index contributed by atoms with van der Waals surface area (Å²) in [6.07, 6.45) is 4.94. The first kappa shape index (κ1) is 7.72. The van der Waals surface area contributed by atoms with Crippen molar-refractivity contribution in [2.45, 2.75) is 6.92 Å². The number of nitrogens with zero attached hydrogens (tertiary/aromatic N) is 4. The second kappa shape index (κ2) is 2.85. The summed E-state index contributed by atoms with van der Waals surface area (Å²) in [5.41, 5.74) is 7.40. The van der Waals surface area contributed by atoms with Crippen LogP contribution in [0.1, 0.15) is 5.56 Å². The van der Waals surface area contributed by atoms with Crippen molar-refractivity contribution in [1.82, 2.24) is 20.0 Å². The summed E-state index contributed by atoms with van der Waals surface area (Å²) < 4.78 is 0. The summed E-state index contributed by atoms with van der Waals surface area (Å²) in [5.74, 6) is 0.470. The Morgan fingerprint density at radius 2 is 2.00 bits per heavy atom. The van der Waals surface area contributed by atoms with Crippen LogP contribution in [0.3, 0.4) is 0 Å². The lowest BCUT2D eigenvalue weighted by molar-refractivity contribution is 0.746. The van der Waals surface area contributed by atoms with Gasteiger partial charge in [-0.15, -0.1) is 0 Å². The Morgan fingerprint density at radius 3 is 2.69 bits per heavy atom. The SMILES string of the molecule is Cc1cnc(N)cc1-n1nccn1. The summed E-state index contributed by atoms with van der Waals surface area (Å²) in [6.45, 7) is 1.94. The number of nitrogens with two attached hydrogens (primary N) is 1. The predicted octanol–water partition coefficient (Wildman–Crippen LogP) is 0.553. The normalized spacial score (nSPS) is 10.2. The number of aryl methyl sites for hydroxylation is 1. The number of aromatic nitrogens is 4. The van der Waals surface area contributed by atoms with Crippen LogP contribution in [0.4, 0.5) is 5.82 Å². The van der Waals surface area contributed by atoms with Gasteiger partial charge in [-0.3, -0.25) is 0 Å². The molecule has 0 radical (unpaired) electrons. The zero-order chi connectivity index (χ0) is 9.26. The van der Waals surface area contributed by atoms with Gasteiger partial charge in [0.05, 0.1) is 18.1 Å². The Labute approximate surface area is 75.2 Å². The van der Waals surface area contributed by atoms with Crippen molar-refractivity contribution in [2.75, 3.05) is 5.73 Å². The minimum atomic E-state index is 0.470. The van der Waals surface area contributed by atoms with Crippen LogP contribution in [0.15, 0.2) is 24.7 Å². The highest BCUT2D eigenvalue weighted by Crippen LogP contribution is 2.12. The zero-order valence-electron chi connectivity index (χ0n) is 7.18. The van der Waals surface area contributed by atoms with Crippen LogP contribution in [0.25, 0.3) is 5.69 Å². The Morgan fingerprint density at radius 1 is 1.31 bits per heavy atom. The molecule has 0 spiro atoms. The van der Waals surface area contributed by atoms with E-state index in [1.165, 1.54) is 4.80 Å². The Hall–Kier alpha value is -1.91. The van der Waals surface area contributed by atoms with E-state index in [0.717, 1.165) is 11.3 Å². The van der Waals surface area contributed by atoms with E-state index in [1.54, 1.807) is 24.7 Å². The molecule has 0 aliphatic carbocycles. The molecule has 5 nitrogen and oxygen atoms in total. The van der Waals surface area contributed by atoms with Crippen LogP contribution in [0, 0.1) is 6.92 Å². The summed E-state index contributed by atoms with van der Waals surface area (Å²) in [5, 5.41) is 8.02. The minimum absolute atomic E-state index is 0.470. The second-order valence-electron chi connectivity index (χ2n) is 2.71. The lowest BCUT2D eigenvalue weighted by Gasteiger charge is -2.03. The van der Waals surface area contributed by atoms with Gasteiger partial charge in [-0.25, -0.2) is 4.98 Å². The molecular weight excluding hydrogens is 166 g/mol. The van der Waals surface area contributed by atoms with E-state index >= 15 is 0 Å². The van der Waals surface area contributed by atoms with Crippen LogP contribution in [-0.4, -0.2) is 20.0 Å². The summed E-state index contributed by atoms with van der Waals surface area (Å²) >= 11 is 0. The van der Waals surface area contributed by atoms with Crippen molar-refractivity contribution in [3.8, 4) is 5.69 Å². The fourth-order valence-electron chi connectivity index (χ4n) is 1.08. The molecule has 2 aromatic rings. The van der Waals surface area contributed by atoms with Gasteiger partial charge in [-0.2, -0.15) is 15.0 Å². The van der Waals surface area contributed by atoms with Crippen molar-refractivity contribution in [1.29, 1.82) is 0 Å². The zero-order valence-corrected chi connectivity index (χ0v) is 7.18. The van der Waals surface area contributed by atoms with E-state index in [9.17, 15) is 0 Å². The molecule has 0 aliphatic heterocycles. The molecule has 0 saturated heterocycles. The molecule has 0 unspecified atom stereocenters. The van der Waals surface area contributed by atoms with E-state index in [2.05, 4.69) is 15.2 Å². The highest BCUT2D eigenvalue weighted by Gasteiger charge is 2.02. The maximum Gasteiger partial charge on any atom is 0.125 e. The first-order chi connectivity index (χ1) is 6.27. The summed E-state index contributed by atoms with van der Waals surface area (Å²) in [7, 11) is 0. The second-order valence-corrected chi connectivity index (χ2v) is 2.71. The summed E-state index contributed by atoms with van der Waals surface area (Å²) in [6, 6.07) is 1.75. The number of nitrogen functional groups attached to an aromatic ring is 1. The lowest BCUT2D eigenvalue weighted by Crippen LogP contribution is -2.03. The third-order valence-electron chi connectivity index (χ3n) is 1.73. The van der Waals surface area contributed by atoms with Crippen molar-refractivity contribution in [2.24, 2.45) is 0 Å². The van der Waals surface area contributed by atoms with Gasteiger partial charge in [-0.1, -0.05) is 0 Å². The van der Waals surface area contributed by atoms with Crippen LogP contribution >= 0.6 is 0 Å². The van der Waals surface area contributed by atoms with Gasteiger partial charge in [0.2, 0.25) is 0 Å². The molecule has 0 amide bonds. The number of rotatable bonds is 1. The third-order valence-corrected chi connectivity index (χ3v) is 1.73. The number of anilines is 1. The average Bonchev–Trinajstić information content (AvgIpc) is 2.61. The van der Waals surface area contributed by atoms with E-state index in [1.807, 2.05) is 6.92 Å². The quantitative estimate of drug-likeness (QED) is 0.687. The van der Waals surface area contributed by atoms with Crippen molar-refractivity contribution < 1.29 is 0 Å². The average molecular weight is 175 g/mol. The molecule has 66 valence electrons. The topological polar surface area (TPSA) is 69.6 Å². The van der Waals surface area contributed by atoms with Gasteiger partial charge in [0, 0.05) is 12.3 Å². The summed E-state index contributed by atoms with van der Waals surface area (Å²) in [4.78, 5) is 5.48. The van der Waals surface area contributed by atoms with Gasteiger partial charge in [0.25, 0.3) is 0 Å². The molecule has 13 heavy (non-hydrogen) atoms. The number of pyridine rings is 1. The van der Waals surface area contributed by atoms with Crippen molar-refractivity contribution in [3.63, 3.8) is 0 Å². The molecule has 2 N–H and O–H groups in total. The highest BCUT2D eigenvalue weighted by atomic mass is 15.5. The van der Waals surface area contributed by atoms with Crippen LogP contribution in [0.5, 0.6) is 0 Å². The third kappa shape index (κ3) is 1.35. The van der Waals surface area contributed by atoms with Gasteiger partial charge >= 0.3 is 0 Å². The van der Waals surface area contributed by atoms with Crippen LogP contribution in [0.2, 0.25) is 0 Å². The van der Waals surface area contributed by atoms with E-state index in [4.69, 9.17) is 5.73 Å². The molecule has 0 bridgehead atoms. The van der Waals surface area contributed by atoms with Gasteiger partial charge < -0.3 is 5.73 Å². The molecule has 0 aliphatic rings. The Bertz CT molecular complexity index is 406. The van der Waals surface area contributed by atoms with Crippen molar-refractivity contribution >= 4 is 5.82 Å².